The molecule has 0 fully saturated rings. The molecule has 6 heteroatoms. The van der Waals surface area contributed by atoms with E-state index in [1.165, 1.54) is 21.9 Å². The Labute approximate surface area is 114 Å². The summed E-state index contributed by atoms with van der Waals surface area (Å²) >= 11 is 0. The number of H-pyrrole nitrogens is 1. The molecule has 2 heterocycles. The molecule has 0 saturated heterocycles. The van der Waals surface area contributed by atoms with Crippen molar-refractivity contribution in [2.75, 3.05) is 11.9 Å². The molecule has 1 aromatic carbocycles. The van der Waals surface area contributed by atoms with E-state index < -0.39 is 0 Å². The highest BCUT2D eigenvalue weighted by Gasteiger charge is 2.24. The predicted octanol–water partition coefficient (Wildman–Crippen LogP) is 1.17. The average Bonchev–Trinajstić information content (AvgIpc) is 2.81. The minimum Gasteiger partial charge on any atom is -0.369 e. The van der Waals surface area contributed by atoms with Gasteiger partial charge in [-0.25, -0.2) is 19.3 Å². The highest BCUT2D eigenvalue weighted by molar-refractivity contribution is 5.49. The van der Waals surface area contributed by atoms with Gasteiger partial charge in [-0.2, -0.15) is 5.10 Å². The zero-order valence-corrected chi connectivity index (χ0v) is 10.7. The molecule has 2 N–H and O–H groups in total. The highest BCUT2D eigenvalue weighted by Crippen LogP contribution is 2.34. The van der Waals surface area contributed by atoms with Crippen LogP contribution in [0.5, 0.6) is 0 Å². The monoisotopic (exact) mass is 267 g/mol. The maximum absolute atomic E-state index is 11.3. The third kappa shape index (κ3) is 1.69. The van der Waals surface area contributed by atoms with Crippen LogP contribution in [0.1, 0.15) is 17.0 Å². The summed E-state index contributed by atoms with van der Waals surface area (Å²) in [6.07, 6.45) is 2.59. The number of rotatable bonds is 3. The van der Waals surface area contributed by atoms with Gasteiger partial charge >= 0.3 is 5.69 Å². The van der Waals surface area contributed by atoms with Gasteiger partial charge in [0.1, 0.15) is 12.1 Å². The van der Waals surface area contributed by atoms with Gasteiger partial charge in [-0.3, -0.25) is 0 Å². The molecule has 6 nitrogen and oxygen atoms in total. The van der Waals surface area contributed by atoms with Gasteiger partial charge in [-0.15, -0.1) is 0 Å². The standard InChI is InChI=1S/C14H13N5O/c20-14-18-17-13-6-12(16-8-19(13)14)15-7-10-5-9-3-1-2-4-11(9)10/h1-4,6,8,10,15H,5,7H2,(H,18,20). The van der Waals surface area contributed by atoms with Crippen LogP contribution in [-0.4, -0.2) is 26.1 Å². The van der Waals surface area contributed by atoms with Crippen molar-refractivity contribution in [1.29, 1.82) is 0 Å². The van der Waals surface area contributed by atoms with Gasteiger partial charge in [-0.1, -0.05) is 24.3 Å². The van der Waals surface area contributed by atoms with Crippen LogP contribution < -0.4 is 11.0 Å². The van der Waals surface area contributed by atoms with E-state index in [1.54, 1.807) is 6.07 Å². The third-order valence-corrected chi connectivity index (χ3v) is 3.80. The Balaban J connectivity index is 1.50. The molecule has 20 heavy (non-hydrogen) atoms. The van der Waals surface area contributed by atoms with Crippen molar-refractivity contribution in [3.8, 4) is 0 Å². The van der Waals surface area contributed by atoms with Crippen molar-refractivity contribution in [3.63, 3.8) is 0 Å². The van der Waals surface area contributed by atoms with Crippen molar-refractivity contribution >= 4 is 11.5 Å². The second-order valence-corrected chi connectivity index (χ2v) is 5.01. The maximum atomic E-state index is 11.3. The number of aromatic amines is 1. The summed E-state index contributed by atoms with van der Waals surface area (Å²) in [4.78, 5) is 15.6. The van der Waals surface area contributed by atoms with Gasteiger partial charge in [0.2, 0.25) is 0 Å². The van der Waals surface area contributed by atoms with Crippen molar-refractivity contribution in [1.82, 2.24) is 19.6 Å². The van der Waals surface area contributed by atoms with Crippen LogP contribution in [0, 0.1) is 0 Å². The summed E-state index contributed by atoms with van der Waals surface area (Å²) in [6.45, 7) is 0.842. The van der Waals surface area contributed by atoms with Gasteiger partial charge in [0.25, 0.3) is 0 Å². The molecule has 0 saturated carbocycles. The van der Waals surface area contributed by atoms with Crippen LogP contribution in [-0.2, 0) is 6.42 Å². The fraction of sp³-hybridized carbons (Fsp3) is 0.214. The van der Waals surface area contributed by atoms with Crippen LogP contribution in [0.15, 0.2) is 41.5 Å². The summed E-state index contributed by atoms with van der Waals surface area (Å²) in [5.41, 5.74) is 3.15. The molecule has 4 rings (SSSR count). The SMILES string of the molecule is O=c1[nH]nc2cc(NCC3Cc4ccccc43)ncn12. The minimum atomic E-state index is -0.271. The zero-order chi connectivity index (χ0) is 13.5. The number of fused-ring (bicyclic) bond motifs is 2. The molecule has 1 unspecified atom stereocenters. The van der Waals surface area contributed by atoms with Crippen LogP contribution in [0.25, 0.3) is 5.65 Å². The molecule has 1 atom stereocenters. The molecule has 0 spiro atoms. The highest BCUT2D eigenvalue weighted by atomic mass is 16.1. The van der Waals surface area contributed by atoms with E-state index in [4.69, 9.17) is 0 Å². The number of aromatic nitrogens is 4. The number of anilines is 1. The fourth-order valence-electron chi connectivity index (χ4n) is 2.68. The van der Waals surface area contributed by atoms with Crippen LogP contribution in [0.3, 0.4) is 0 Å². The first-order valence-corrected chi connectivity index (χ1v) is 6.56. The second-order valence-electron chi connectivity index (χ2n) is 5.01. The van der Waals surface area contributed by atoms with E-state index in [9.17, 15) is 4.79 Å². The lowest BCUT2D eigenvalue weighted by molar-refractivity contribution is 0.634. The third-order valence-electron chi connectivity index (χ3n) is 3.80. The summed E-state index contributed by atoms with van der Waals surface area (Å²) in [5, 5.41) is 9.62. The Kier molecular flexibility index (Phi) is 2.35. The summed E-state index contributed by atoms with van der Waals surface area (Å²) in [5.74, 6) is 1.27. The normalized spacial score (nSPS) is 16.7. The molecular weight excluding hydrogens is 254 g/mol. The predicted molar refractivity (Wildman–Crippen MR) is 75.0 cm³/mol. The number of hydrogen-bond acceptors (Lipinski definition) is 4. The maximum Gasteiger partial charge on any atom is 0.348 e. The molecule has 0 aliphatic heterocycles. The smallest absolute Gasteiger partial charge is 0.348 e. The largest absolute Gasteiger partial charge is 0.369 e. The van der Waals surface area contributed by atoms with E-state index >= 15 is 0 Å². The summed E-state index contributed by atoms with van der Waals surface area (Å²) in [6, 6.07) is 10.3. The van der Waals surface area contributed by atoms with Crippen LogP contribution in [0.4, 0.5) is 5.82 Å². The van der Waals surface area contributed by atoms with Crippen molar-refractivity contribution in [2.24, 2.45) is 0 Å². The van der Waals surface area contributed by atoms with Gasteiger partial charge in [0.05, 0.1) is 0 Å². The molecule has 1 aliphatic rings. The van der Waals surface area contributed by atoms with Gasteiger partial charge < -0.3 is 5.32 Å². The quantitative estimate of drug-likeness (QED) is 0.747. The average molecular weight is 267 g/mol. The summed E-state index contributed by atoms with van der Waals surface area (Å²) in [7, 11) is 0. The molecule has 1 aliphatic carbocycles. The second kappa shape index (κ2) is 4.19. The molecule has 0 bridgehead atoms. The first kappa shape index (κ1) is 11.2. The van der Waals surface area contributed by atoms with Crippen LogP contribution in [0.2, 0.25) is 0 Å². The van der Waals surface area contributed by atoms with Crippen LogP contribution >= 0.6 is 0 Å². The lowest BCUT2D eigenvalue weighted by Gasteiger charge is -2.30. The van der Waals surface area contributed by atoms with E-state index in [0.29, 0.717) is 11.6 Å². The Morgan fingerprint density at radius 1 is 1.40 bits per heavy atom. The molecule has 100 valence electrons. The van der Waals surface area contributed by atoms with Gasteiger partial charge in [0, 0.05) is 18.5 Å². The van der Waals surface area contributed by atoms with Gasteiger partial charge in [0.15, 0.2) is 5.65 Å². The van der Waals surface area contributed by atoms with Crippen molar-refractivity contribution in [3.05, 3.63) is 58.3 Å². The molecule has 3 aromatic rings. The van der Waals surface area contributed by atoms with Gasteiger partial charge in [-0.05, 0) is 17.5 Å². The minimum absolute atomic E-state index is 0.271. The topological polar surface area (TPSA) is 75.1 Å². The first-order valence-electron chi connectivity index (χ1n) is 6.56. The Morgan fingerprint density at radius 3 is 3.20 bits per heavy atom. The van der Waals surface area contributed by atoms with E-state index in [0.717, 1.165) is 18.8 Å². The van der Waals surface area contributed by atoms with E-state index in [-0.39, 0.29) is 5.69 Å². The number of nitrogens with one attached hydrogen (secondary N) is 2. The number of benzene rings is 1. The Morgan fingerprint density at radius 2 is 2.30 bits per heavy atom. The zero-order valence-electron chi connectivity index (χ0n) is 10.7. The van der Waals surface area contributed by atoms with E-state index in [1.807, 2.05) is 0 Å². The Bertz CT molecular complexity index is 835. The molecular formula is C14H13N5O. The van der Waals surface area contributed by atoms with Crippen molar-refractivity contribution < 1.29 is 0 Å². The lowest BCUT2D eigenvalue weighted by atomic mass is 9.78. The number of hydrogen-bond donors (Lipinski definition) is 2. The van der Waals surface area contributed by atoms with E-state index in [2.05, 4.69) is 44.8 Å². The molecule has 0 radical (unpaired) electrons. The fourth-order valence-corrected chi connectivity index (χ4v) is 2.68. The lowest BCUT2D eigenvalue weighted by Crippen LogP contribution is -2.24. The summed E-state index contributed by atoms with van der Waals surface area (Å²) < 4.78 is 1.38. The Hall–Kier alpha value is -2.63. The first-order chi connectivity index (χ1) is 9.81. The van der Waals surface area contributed by atoms with Crippen molar-refractivity contribution in [2.45, 2.75) is 12.3 Å². The molecule has 0 amide bonds. The number of nitrogens with zero attached hydrogens (tertiary/aromatic N) is 3. The molecule has 2 aromatic heterocycles.